The number of nitrogen functional groups attached to an aromatic ring is 1. The number of anilines is 1. The van der Waals surface area contributed by atoms with Gasteiger partial charge in [-0.1, -0.05) is 19.1 Å². The minimum absolute atomic E-state index is 0.0903. The van der Waals surface area contributed by atoms with Crippen LogP contribution in [0, 0.1) is 5.82 Å². The van der Waals surface area contributed by atoms with Crippen molar-refractivity contribution in [1.29, 1.82) is 0 Å². The zero-order valence-electron chi connectivity index (χ0n) is 9.56. The van der Waals surface area contributed by atoms with E-state index in [-0.39, 0.29) is 18.8 Å². The molecule has 6 heteroatoms. The predicted molar refractivity (Wildman–Crippen MR) is 65.4 cm³/mol. The van der Waals surface area contributed by atoms with E-state index in [2.05, 4.69) is 6.58 Å². The lowest BCUT2D eigenvalue weighted by molar-refractivity contribution is 0.454. The van der Waals surface area contributed by atoms with Crippen molar-refractivity contribution in [2.24, 2.45) is 0 Å². The lowest BCUT2D eigenvalue weighted by Crippen LogP contribution is -2.32. The predicted octanol–water partition coefficient (Wildman–Crippen LogP) is 1.60. The van der Waals surface area contributed by atoms with Gasteiger partial charge in [0.25, 0.3) is 0 Å². The summed E-state index contributed by atoms with van der Waals surface area (Å²) in [6.07, 6.45) is 1.44. The molecule has 2 N–H and O–H groups in total. The Morgan fingerprint density at radius 2 is 2.18 bits per heavy atom. The maximum atomic E-state index is 13.6. The number of nitrogens with zero attached hydrogens (tertiary/aromatic N) is 1. The molecule has 0 unspecified atom stereocenters. The van der Waals surface area contributed by atoms with Gasteiger partial charge in [-0.15, -0.1) is 6.58 Å². The SMILES string of the molecule is C=CCN(CC)S(=O)(=O)c1c(N)cccc1F. The first kappa shape index (κ1) is 13.7. The van der Waals surface area contributed by atoms with Gasteiger partial charge in [0.05, 0.1) is 5.69 Å². The molecule has 0 saturated carbocycles. The van der Waals surface area contributed by atoms with E-state index in [0.717, 1.165) is 10.4 Å². The summed E-state index contributed by atoms with van der Waals surface area (Å²) in [5.41, 5.74) is 5.43. The highest BCUT2D eigenvalue weighted by Gasteiger charge is 2.27. The van der Waals surface area contributed by atoms with E-state index in [9.17, 15) is 12.8 Å². The molecule has 0 aromatic heterocycles. The third kappa shape index (κ3) is 2.65. The van der Waals surface area contributed by atoms with E-state index in [4.69, 9.17) is 5.73 Å². The second kappa shape index (κ2) is 5.29. The highest BCUT2D eigenvalue weighted by molar-refractivity contribution is 7.89. The van der Waals surface area contributed by atoms with Crippen molar-refractivity contribution in [3.05, 3.63) is 36.7 Å². The number of hydrogen-bond donors (Lipinski definition) is 1. The molecule has 0 fully saturated rings. The quantitative estimate of drug-likeness (QED) is 0.644. The molecule has 0 radical (unpaired) electrons. The Morgan fingerprint density at radius 1 is 1.53 bits per heavy atom. The molecule has 0 aliphatic heterocycles. The van der Waals surface area contributed by atoms with Crippen molar-refractivity contribution in [2.45, 2.75) is 11.8 Å². The Kier molecular flexibility index (Phi) is 4.25. The largest absolute Gasteiger partial charge is 0.398 e. The molecule has 0 aliphatic carbocycles. The molecular formula is C11H15FN2O2S. The van der Waals surface area contributed by atoms with Crippen LogP contribution in [0.5, 0.6) is 0 Å². The maximum Gasteiger partial charge on any atom is 0.248 e. The van der Waals surface area contributed by atoms with Crippen LogP contribution in [0.25, 0.3) is 0 Å². The fraction of sp³-hybridized carbons (Fsp3) is 0.273. The maximum absolute atomic E-state index is 13.6. The average molecular weight is 258 g/mol. The zero-order valence-corrected chi connectivity index (χ0v) is 10.4. The van der Waals surface area contributed by atoms with Crippen LogP contribution in [0.2, 0.25) is 0 Å². The standard InChI is InChI=1S/C11H15FN2O2S/c1-3-8-14(4-2)17(15,16)11-9(12)6-5-7-10(11)13/h3,5-7H,1,4,8,13H2,2H3. The van der Waals surface area contributed by atoms with Crippen LogP contribution >= 0.6 is 0 Å². The van der Waals surface area contributed by atoms with Gasteiger partial charge in [-0.2, -0.15) is 4.31 Å². The van der Waals surface area contributed by atoms with E-state index in [0.29, 0.717) is 0 Å². The van der Waals surface area contributed by atoms with Crippen molar-refractivity contribution in [3.8, 4) is 0 Å². The molecule has 0 heterocycles. The first-order valence-corrected chi connectivity index (χ1v) is 6.54. The Hall–Kier alpha value is -1.40. The highest BCUT2D eigenvalue weighted by Crippen LogP contribution is 2.25. The lowest BCUT2D eigenvalue weighted by atomic mass is 10.3. The van der Waals surface area contributed by atoms with Crippen molar-refractivity contribution < 1.29 is 12.8 Å². The van der Waals surface area contributed by atoms with E-state index in [1.807, 2.05) is 0 Å². The molecular weight excluding hydrogens is 243 g/mol. The molecule has 1 aromatic rings. The van der Waals surface area contributed by atoms with Crippen molar-refractivity contribution >= 4 is 15.7 Å². The molecule has 4 nitrogen and oxygen atoms in total. The van der Waals surface area contributed by atoms with Gasteiger partial charge in [0.2, 0.25) is 10.0 Å². The van der Waals surface area contributed by atoms with Crippen molar-refractivity contribution in [3.63, 3.8) is 0 Å². The van der Waals surface area contributed by atoms with Gasteiger partial charge in [-0.25, -0.2) is 12.8 Å². The summed E-state index contributed by atoms with van der Waals surface area (Å²) in [6.45, 7) is 5.48. The Balaban J connectivity index is 3.34. The first-order valence-electron chi connectivity index (χ1n) is 5.10. The number of halogens is 1. The number of benzene rings is 1. The monoisotopic (exact) mass is 258 g/mol. The smallest absolute Gasteiger partial charge is 0.248 e. The number of rotatable bonds is 5. The minimum Gasteiger partial charge on any atom is -0.398 e. The summed E-state index contributed by atoms with van der Waals surface area (Å²) in [5.74, 6) is -0.840. The second-order valence-corrected chi connectivity index (χ2v) is 5.28. The summed E-state index contributed by atoms with van der Waals surface area (Å²) >= 11 is 0. The van der Waals surface area contributed by atoms with Gasteiger partial charge in [0.15, 0.2) is 0 Å². The van der Waals surface area contributed by atoms with Gasteiger partial charge in [0, 0.05) is 13.1 Å². The Morgan fingerprint density at radius 3 is 2.65 bits per heavy atom. The molecule has 1 aromatic carbocycles. The molecule has 17 heavy (non-hydrogen) atoms. The second-order valence-electron chi connectivity index (χ2n) is 3.40. The summed E-state index contributed by atoms with van der Waals surface area (Å²) in [7, 11) is -3.91. The molecule has 0 spiro atoms. The van der Waals surface area contributed by atoms with Crippen LogP contribution in [-0.4, -0.2) is 25.8 Å². The molecule has 0 saturated heterocycles. The summed E-state index contributed by atoms with van der Waals surface area (Å²) in [5, 5.41) is 0. The number of likely N-dealkylation sites (N-methyl/N-ethyl adjacent to an activating group) is 1. The van der Waals surface area contributed by atoms with E-state index in [1.54, 1.807) is 6.92 Å². The minimum atomic E-state index is -3.91. The Labute approximate surface area is 101 Å². The third-order valence-corrected chi connectivity index (χ3v) is 4.31. The lowest BCUT2D eigenvalue weighted by Gasteiger charge is -2.19. The third-order valence-electron chi connectivity index (χ3n) is 2.28. The van der Waals surface area contributed by atoms with Crippen molar-refractivity contribution in [2.75, 3.05) is 18.8 Å². The van der Waals surface area contributed by atoms with Gasteiger partial charge in [-0.05, 0) is 12.1 Å². The zero-order chi connectivity index (χ0) is 13.1. The molecule has 1 rings (SSSR count). The van der Waals surface area contributed by atoms with Gasteiger partial charge < -0.3 is 5.73 Å². The van der Waals surface area contributed by atoms with Crippen LogP contribution < -0.4 is 5.73 Å². The molecule has 94 valence electrons. The number of sulfonamides is 1. The highest BCUT2D eigenvalue weighted by atomic mass is 32.2. The van der Waals surface area contributed by atoms with Crippen LogP contribution in [-0.2, 0) is 10.0 Å². The summed E-state index contributed by atoms with van der Waals surface area (Å²) < 4.78 is 39.0. The normalized spacial score (nSPS) is 11.7. The molecule has 0 aliphatic rings. The van der Waals surface area contributed by atoms with E-state index < -0.39 is 20.7 Å². The average Bonchev–Trinajstić information content (AvgIpc) is 2.24. The summed E-state index contributed by atoms with van der Waals surface area (Å²) in [4.78, 5) is -0.469. The van der Waals surface area contributed by atoms with Gasteiger partial charge in [-0.3, -0.25) is 0 Å². The fourth-order valence-corrected chi connectivity index (χ4v) is 3.05. The number of hydrogen-bond acceptors (Lipinski definition) is 3. The van der Waals surface area contributed by atoms with E-state index in [1.165, 1.54) is 18.2 Å². The van der Waals surface area contributed by atoms with Crippen LogP contribution in [0.4, 0.5) is 10.1 Å². The fourth-order valence-electron chi connectivity index (χ4n) is 1.47. The topological polar surface area (TPSA) is 63.4 Å². The van der Waals surface area contributed by atoms with Crippen LogP contribution in [0.1, 0.15) is 6.92 Å². The van der Waals surface area contributed by atoms with Crippen molar-refractivity contribution in [1.82, 2.24) is 4.31 Å². The molecule has 0 bridgehead atoms. The Bertz CT molecular complexity index is 494. The first-order chi connectivity index (χ1) is 7.95. The molecule has 0 amide bonds. The van der Waals surface area contributed by atoms with Gasteiger partial charge >= 0.3 is 0 Å². The summed E-state index contributed by atoms with van der Waals surface area (Å²) in [6, 6.07) is 3.80. The molecule has 0 atom stereocenters. The van der Waals surface area contributed by atoms with Gasteiger partial charge in [0.1, 0.15) is 10.7 Å². The van der Waals surface area contributed by atoms with Crippen LogP contribution in [0.3, 0.4) is 0 Å². The van der Waals surface area contributed by atoms with Crippen LogP contribution in [0.15, 0.2) is 35.7 Å². The number of nitrogens with two attached hydrogens (primary N) is 1. The van der Waals surface area contributed by atoms with E-state index >= 15 is 0 Å².